The second-order valence-corrected chi connectivity index (χ2v) is 5.27. The first kappa shape index (κ1) is 15.0. The molecule has 2 amide bonds. The number of thiocarbonyl (C=S) groups is 1. The lowest BCUT2D eigenvalue weighted by atomic mass is 9.96. The molecule has 0 aromatic carbocycles. The number of carbonyl (C=O) groups excluding carboxylic acids is 1. The summed E-state index contributed by atoms with van der Waals surface area (Å²) in [6.07, 6.45) is 6.34. The molecule has 0 radical (unpaired) electrons. The zero-order valence-electron chi connectivity index (χ0n) is 11.3. The first-order valence-electron chi connectivity index (χ1n) is 6.59. The van der Waals surface area contributed by atoms with Gasteiger partial charge in [0.15, 0.2) is 5.11 Å². The van der Waals surface area contributed by atoms with Gasteiger partial charge in [0.05, 0.1) is 0 Å². The summed E-state index contributed by atoms with van der Waals surface area (Å²) in [6.45, 7) is 1.22. The normalized spacial score (nSPS) is 15.9. The van der Waals surface area contributed by atoms with Gasteiger partial charge in [-0.25, -0.2) is 4.79 Å². The van der Waals surface area contributed by atoms with Crippen molar-refractivity contribution in [3.63, 3.8) is 0 Å². The van der Waals surface area contributed by atoms with Crippen LogP contribution >= 0.6 is 12.2 Å². The fourth-order valence-corrected chi connectivity index (χ4v) is 2.26. The third kappa shape index (κ3) is 6.05. The van der Waals surface area contributed by atoms with Crippen LogP contribution in [0.4, 0.5) is 4.79 Å². The maximum absolute atomic E-state index is 11.2. The Morgan fingerprint density at radius 1 is 1.17 bits per heavy atom. The van der Waals surface area contributed by atoms with Gasteiger partial charge < -0.3 is 20.9 Å². The van der Waals surface area contributed by atoms with E-state index in [4.69, 9.17) is 12.2 Å². The SMILES string of the molecule is CN(C)C(=O)NCCNC(=S)NC1CCCCC1. The van der Waals surface area contributed by atoms with Gasteiger partial charge in [-0.05, 0) is 25.1 Å². The highest BCUT2D eigenvalue weighted by atomic mass is 32.1. The number of amides is 2. The molecule has 0 heterocycles. The van der Waals surface area contributed by atoms with E-state index in [0.29, 0.717) is 24.2 Å². The van der Waals surface area contributed by atoms with E-state index in [1.807, 2.05) is 0 Å². The first-order valence-corrected chi connectivity index (χ1v) is 7.00. The monoisotopic (exact) mass is 272 g/mol. The standard InChI is InChI=1S/C12H24N4OS/c1-16(2)12(17)14-9-8-13-11(18)15-10-6-4-3-5-7-10/h10H,3-9H2,1-2H3,(H,14,17)(H2,13,15,18). The highest BCUT2D eigenvalue weighted by molar-refractivity contribution is 7.80. The number of urea groups is 1. The van der Waals surface area contributed by atoms with Crippen molar-refractivity contribution in [1.29, 1.82) is 0 Å². The smallest absolute Gasteiger partial charge is 0.316 e. The van der Waals surface area contributed by atoms with E-state index in [1.54, 1.807) is 14.1 Å². The van der Waals surface area contributed by atoms with Gasteiger partial charge in [-0.3, -0.25) is 0 Å². The van der Waals surface area contributed by atoms with Gasteiger partial charge in [-0.2, -0.15) is 0 Å². The number of carbonyl (C=O) groups is 1. The quantitative estimate of drug-likeness (QED) is 0.529. The number of rotatable bonds is 4. The highest BCUT2D eigenvalue weighted by Crippen LogP contribution is 2.16. The summed E-state index contributed by atoms with van der Waals surface area (Å²) in [5.41, 5.74) is 0. The Bertz CT molecular complexity index is 277. The van der Waals surface area contributed by atoms with Crippen LogP contribution in [0.5, 0.6) is 0 Å². The molecule has 1 aliphatic rings. The third-order valence-corrected chi connectivity index (χ3v) is 3.30. The molecule has 1 saturated carbocycles. The van der Waals surface area contributed by atoms with E-state index in [2.05, 4.69) is 16.0 Å². The average Bonchev–Trinajstić information content (AvgIpc) is 2.35. The molecule has 0 spiro atoms. The largest absolute Gasteiger partial charge is 0.361 e. The molecule has 1 fully saturated rings. The second kappa shape index (κ2) is 8.13. The second-order valence-electron chi connectivity index (χ2n) is 4.86. The van der Waals surface area contributed by atoms with Crippen LogP contribution in [0.1, 0.15) is 32.1 Å². The molecule has 18 heavy (non-hydrogen) atoms. The molecule has 0 saturated heterocycles. The van der Waals surface area contributed by atoms with Crippen LogP contribution in [-0.4, -0.2) is 49.3 Å². The molecule has 104 valence electrons. The van der Waals surface area contributed by atoms with Crippen LogP contribution in [0, 0.1) is 0 Å². The Morgan fingerprint density at radius 2 is 1.78 bits per heavy atom. The Morgan fingerprint density at radius 3 is 2.39 bits per heavy atom. The van der Waals surface area contributed by atoms with E-state index in [1.165, 1.54) is 37.0 Å². The van der Waals surface area contributed by atoms with Crippen LogP contribution in [0.25, 0.3) is 0 Å². The van der Waals surface area contributed by atoms with E-state index >= 15 is 0 Å². The van der Waals surface area contributed by atoms with Crippen LogP contribution in [0.3, 0.4) is 0 Å². The molecule has 6 heteroatoms. The lowest BCUT2D eigenvalue weighted by Crippen LogP contribution is -2.45. The lowest BCUT2D eigenvalue weighted by molar-refractivity contribution is 0.217. The number of nitrogens with one attached hydrogen (secondary N) is 3. The van der Waals surface area contributed by atoms with Gasteiger partial charge in [0.2, 0.25) is 0 Å². The van der Waals surface area contributed by atoms with Crippen LogP contribution in [0.2, 0.25) is 0 Å². The van der Waals surface area contributed by atoms with Gasteiger partial charge in [-0.1, -0.05) is 19.3 Å². The maximum Gasteiger partial charge on any atom is 0.316 e. The molecule has 3 N–H and O–H groups in total. The zero-order chi connectivity index (χ0) is 13.4. The van der Waals surface area contributed by atoms with Crippen molar-refractivity contribution in [1.82, 2.24) is 20.9 Å². The van der Waals surface area contributed by atoms with Crippen LogP contribution in [0.15, 0.2) is 0 Å². The summed E-state index contributed by atoms with van der Waals surface area (Å²) in [4.78, 5) is 12.8. The van der Waals surface area contributed by atoms with Gasteiger partial charge in [-0.15, -0.1) is 0 Å². The molecule has 5 nitrogen and oxygen atoms in total. The van der Waals surface area contributed by atoms with Gasteiger partial charge in [0.1, 0.15) is 0 Å². The molecular formula is C12H24N4OS. The molecule has 0 aliphatic heterocycles. The van der Waals surface area contributed by atoms with Crippen molar-refractivity contribution >= 4 is 23.4 Å². The van der Waals surface area contributed by atoms with E-state index in [9.17, 15) is 4.79 Å². The van der Waals surface area contributed by atoms with E-state index < -0.39 is 0 Å². The summed E-state index contributed by atoms with van der Waals surface area (Å²) in [5, 5.41) is 9.91. The summed E-state index contributed by atoms with van der Waals surface area (Å²) >= 11 is 5.22. The van der Waals surface area contributed by atoms with Gasteiger partial charge in [0, 0.05) is 33.2 Å². The van der Waals surface area contributed by atoms with Gasteiger partial charge in [0.25, 0.3) is 0 Å². The molecule has 0 unspecified atom stereocenters. The maximum atomic E-state index is 11.2. The Balaban J connectivity index is 2.04. The Kier molecular flexibility index (Phi) is 6.78. The van der Waals surface area contributed by atoms with Crippen molar-refractivity contribution < 1.29 is 4.79 Å². The van der Waals surface area contributed by atoms with E-state index in [-0.39, 0.29) is 6.03 Å². The lowest BCUT2D eigenvalue weighted by Gasteiger charge is -2.24. The first-order chi connectivity index (χ1) is 8.59. The van der Waals surface area contributed by atoms with Crippen molar-refractivity contribution in [2.24, 2.45) is 0 Å². The Labute approximate surface area is 115 Å². The fraction of sp³-hybridized carbons (Fsp3) is 0.833. The minimum absolute atomic E-state index is 0.0806. The topological polar surface area (TPSA) is 56.4 Å². The van der Waals surface area contributed by atoms with Crippen molar-refractivity contribution in [2.45, 2.75) is 38.1 Å². The van der Waals surface area contributed by atoms with E-state index in [0.717, 1.165) is 0 Å². The molecule has 0 aromatic rings. The van der Waals surface area contributed by atoms with Gasteiger partial charge >= 0.3 is 6.03 Å². The fourth-order valence-electron chi connectivity index (χ4n) is 1.99. The summed E-state index contributed by atoms with van der Waals surface area (Å²) < 4.78 is 0. The molecular weight excluding hydrogens is 248 g/mol. The predicted molar refractivity (Wildman–Crippen MR) is 77.7 cm³/mol. The zero-order valence-corrected chi connectivity index (χ0v) is 12.1. The van der Waals surface area contributed by atoms with Crippen LogP contribution in [-0.2, 0) is 0 Å². The Hall–Kier alpha value is -1.04. The molecule has 1 aliphatic carbocycles. The number of nitrogens with zero attached hydrogens (tertiary/aromatic N) is 1. The van der Waals surface area contributed by atoms with Crippen molar-refractivity contribution in [3.8, 4) is 0 Å². The molecule has 0 aromatic heterocycles. The van der Waals surface area contributed by atoms with Crippen LogP contribution < -0.4 is 16.0 Å². The summed E-state index contributed by atoms with van der Waals surface area (Å²) in [7, 11) is 3.44. The minimum Gasteiger partial charge on any atom is -0.361 e. The van der Waals surface area contributed by atoms with Crippen molar-refractivity contribution in [3.05, 3.63) is 0 Å². The summed E-state index contributed by atoms with van der Waals surface area (Å²) in [5.74, 6) is 0. The molecule has 1 rings (SSSR count). The average molecular weight is 272 g/mol. The third-order valence-electron chi connectivity index (χ3n) is 3.03. The number of hydrogen-bond donors (Lipinski definition) is 3. The molecule has 0 bridgehead atoms. The molecule has 0 atom stereocenters. The predicted octanol–water partition coefficient (Wildman–Crippen LogP) is 1.05. The minimum atomic E-state index is -0.0806. The number of hydrogen-bond acceptors (Lipinski definition) is 2. The highest BCUT2D eigenvalue weighted by Gasteiger charge is 2.13. The summed E-state index contributed by atoms with van der Waals surface area (Å²) in [6, 6.07) is 0.443. The van der Waals surface area contributed by atoms with Crippen molar-refractivity contribution in [2.75, 3.05) is 27.2 Å².